The van der Waals surface area contributed by atoms with Gasteiger partial charge in [-0.1, -0.05) is 13.8 Å². The van der Waals surface area contributed by atoms with Crippen LogP contribution in [-0.4, -0.2) is 36.6 Å². The summed E-state index contributed by atoms with van der Waals surface area (Å²) in [6.45, 7) is 8.63. The summed E-state index contributed by atoms with van der Waals surface area (Å²) < 4.78 is 0. The molecule has 0 radical (unpaired) electrons. The number of rotatable bonds is 7. The Morgan fingerprint density at radius 2 is 2.12 bits per heavy atom. The van der Waals surface area contributed by atoms with Crippen molar-refractivity contribution in [3.63, 3.8) is 0 Å². The van der Waals surface area contributed by atoms with Crippen LogP contribution in [0.2, 0.25) is 0 Å². The van der Waals surface area contributed by atoms with Crippen molar-refractivity contribution in [3.8, 4) is 0 Å². The third-order valence-electron chi connectivity index (χ3n) is 2.98. The van der Waals surface area contributed by atoms with Crippen molar-refractivity contribution in [3.05, 3.63) is 16.1 Å². The van der Waals surface area contributed by atoms with E-state index in [0.717, 1.165) is 24.7 Å². The van der Waals surface area contributed by atoms with Gasteiger partial charge >= 0.3 is 0 Å². The summed E-state index contributed by atoms with van der Waals surface area (Å²) in [5, 5.41) is 3.54. The molecule has 4 heteroatoms. The summed E-state index contributed by atoms with van der Waals surface area (Å²) in [7, 11) is 4.32. The third-order valence-corrected chi connectivity index (χ3v) is 3.92. The van der Waals surface area contributed by atoms with Gasteiger partial charge < -0.3 is 10.2 Å². The van der Waals surface area contributed by atoms with E-state index in [9.17, 15) is 0 Å². The average Bonchev–Trinajstić information content (AvgIpc) is 2.62. The molecule has 1 aromatic rings. The monoisotopic (exact) mass is 255 g/mol. The summed E-state index contributed by atoms with van der Waals surface area (Å²) in [5.74, 6) is 0.745. The molecule has 1 atom stereocenters. The first-order valence-electron chi connectivity index (χ1n) is 6.26. The van der Waals surface area contributed by atoms with Gasteiger partial charge in [0, 0.05) is 24.0 Å². The van der Waals surface area contributed by atoms with Crippen LogP contribution in [0.25, 0.3) is 0 Å². The van der Waals surface area contributed by atoms with Gasteiger partial charge in [0.1, 0.15) is 0 Å². The zero-order valence-electron chi connectivity index (χ0n) is 11.7. The van der Waals surface area contributed by atoms with Gasteiger partial charge in [-0.15, -0.1) is 11.3 Å². The fourth-order valence-corrected chi connectivity index (χ4v) is 2.62. The first kappa shape index (κ1) is 14.6. The lowest BCUT2D eigenvalue weighted by molar-refractivity contribution is 0.247. The van der Waals surface area contributed by atoms with Crippen LogP contribution in [0.4, 0.5) is 0 Å². The van der Waals surface area contributed by atoms with E-state index in [1.165, 1.54) is 11.3 Å². The molecule has 1 rings (SSSR count). The van der Waals surface area contributed by atoms with Gasteiger partial charge in [-0.2, -0.15) is 0 Å². The molecule has 0 aromatic carbocycles. The zero-order chi connectivity index (χ0) is 12.8. The normalized spacial score (nSPS) is 13.6. The second-order valence-corrected chi connectivity index (χ2v) is 6.18. The van der Waals surface area contributed by atoms with Crippen LogP contribution < -0.4 is 5.32 Å². The standard InChI is InChI=1S/C13H25N3S/c1-10(2)6-12(16(4)5)7-14-8-13-11(3)15-9-17-13/h9-10,12,14H,6-8H2,1-5H3. The minimum atomic E-state index is 0.614. The number of thiazole rings is 1. The van der Waals surface area contributed by atoms with Gasteiger partial charge in [-0.05, 0) is 33.4 Å². The molecule has 1 N–H and O–H groups in total. The summed E-state index contributed by atoms with van der Waals surface area (Å²) in [5.41, 5.74) is 3.08. The van der Waals surface area contributed by atoms with E-state index < -0.39 is 0 Å². The maximum Gasteiger partial charge on any atom is 0.0798 e. The molecule has 0 saturated heterocycles. The quantitative estimate of drug-likeness (QED) is 0.811. The molecule has 0 spiro atoms. The van der Waals surface area contributed by atoms with Gasteiger partial charge in [-0.3, -0.25) is 0 Å². The van der Waals surface area contributed by atoms with E-state index in [1.807, 2.05) is 5.51 Å². The lowest BCUT2D eigenvalue weighted by Crippen LogP contribution is -2.38. The summed E-state index contributed by atoms with van der Waals surface area (Å²) in [4.78, 5) is 7.93. The lowest BCUT2D eigenvalue weighted by Gasteiger charge is -2.26. The van der Waals surface area contributed by atoms with Crippen LogP contribution in [-0.2, 0) is 6.54 Å². The fourth-order valence-electron chi connectivity index (χ4n) is 1.87. The molecule has 1 heterocycles. The van der Waals surface area contributed by atoms with E-state index >= 15 is 0 Å². The average molecular weight is 255 g/mol. The van der Waals surface area contributed by atoms with Gasteiger partial charge in [-0.25, -0.2) is 4.98 Å². The molecule has 0 aliphatic heterocycles. The minimum Gasteiger partial charge on any atom is -0.310 e. The maximum atomic E-state index is 4.27. The van der Waals surface area contributed by atoms with Gasteiger partial charge in [0.2, 0.25) is 0 Å². The van der Waals surface area contributed by atoms with Crippen molar-refractivity contribution in [2.75, 3.05) is 20.6 Å². The van der Waals surface area contributed by atoms with E-state index in [0.29, 0.717) is 6.04 Å². The number of hydrogen-bond acceptors (Lipinski definition) is 4. The van der Waals surface area contributed by atoms with Crippen molar-refractivity contribution in [2.45, 2.75) is 39.8 Å². The van der Waals surface area contributed by atoms with Crippen LogP contribution in [0, 0.1) is 12.8 Å². The van der Waals surface area contributed by atoms with Crippen LogP contribution in [0.15, 0.2) is 5.51 Å². The van der Waals surface area contributed by atoms with Crippen molar-refractivity contribution in [1.29, 1.82) is 0 Å². The Balaban J connectivity index is 2.34. The van der Waals surface area contributed by atoms with Crippen LogP contribution >= 0.6 is 11.3 Å². The minimum absolute atomic E-state index is 0.614. The highest BCUT2D eigenvalue weighted by Gasteiger charge is 2.13. The number of aromatic nitrogens is 1. The predicted octanol–water partition coefficient (Wildman–Crippen LogP) is 2.52. The molecule has 0 bridgehead atoms. The van der Waals surface area contributed by atoms with E-state index in [2.05, 4.69) is 50.1 Å². The Morgan fingerprint density at radius 1 is 1.41 bits per heavy atom. The molecule has 0 amide bonds. The fraction of sp³-hybridized carbons (Fsp3) is 0.769. The zero-order valence-corrected chi connectivity index (χ0v) is 12.5. The predicted molar refractivity (Wildman–Crippen MR) is 75.5 cm³/mol. The Morgan fingerprint density at radius 3 is 2.59 bits per heavy atom. The number of hydrogen-bond donors (Lipinski definition) is 1. The molecule has 0 aliphatic carbocycles. The number of likely N-dealkylation sites (N-methyl/N-ethyl adjacent to an activating group) is 1. The Kier molecular flexibility index (Phi) is 6.09. The highest BCUT2D eigenvalue weighted by molar-refractivity contribution is 7.09. The highest BCUT2D eigenvalue weighted by Crippen LogP contribution is 2.12. The lowest BCUT2D eigenvalue weighted by atomic mass is 10.0. The third kappa shape index (κ3) is 5.15. The largest absolute Gasteiger partial charge is 0.310 e. The topological polar surface area (TPSA) is 28.2 Å². The summed E-state index contributed by atoms with van der Waals surface area (Å²) in [6.07, 6.45) is 1.24. The Bertz CT molecular complexity index is 320. The molecule has 0 saturated carbocycles. The molecule has 98 valence electrons. The SMILES string of the molecule is Cc1ncsc1CNCC(CC(C)C)N(C)C. The first-order valence-corrected chi connectivity index (χ1v) is 7.14. The molecule has 0 fully saturated rings. The summed E-state index contributed by atoms with van der Waals surface area (Å²) >= 11 is 1.74. The van der Waals surface area contributed by atoms with Crippen molar-refractivity contribution in [1.82, 2.24) is 15.2 Å². The molecule has 0 aliphatic rings. The first-order chi connectivity index (χ1) is 8.00. The van der Waals surface area contributed by atoms with Crippen molar-refractivity contribution < 1.29 is 0 Å². The van der Waals surface area contributed by atoms with Crippen molar-refractivity contribution >= 4 is 11.3 Å². The molecule has 1 aromatic heterocycles. The smallest absolute Gasteiger partial charge is 0.0798 e. The van der Waals surface area contributed by atoms with Crippen LogP contribution in [0.1, 0.15) is 30.8 Å². The molecular formula is C13H25N3S. The second-order valence-electron chi connectivity index (χ2n) is 5.24. The van der Waals surface area contributed by atoms with Crippen molar-refractivity contribution in [2.24, 2.45) is 5.92 Å². The van der Waals surface area contributed by atoms with Gasteiger partial charge in [0.05, 0.1) is 11.2 Å². The maximum absolute atomic E-state index is 4.27. The number of nitrogens with one attached hydrogen (secondary N) is 1. The number of nitrogens with zero attached hydrogens (tertiary/aromatic N) is 2. The molecule has 1 unspecified atom stereocenters. The number of aryl methyl sites for hydroxylation is 1. The van der Waals surface area contributed by atoms with E-state index in [1.54, 1.807) is 11.3 Å². The van der Waals surface area contributed by atoms with Crippen LogP contribution in [0.5, 0.6) is 0 Å². The van der Waals surface area contributed by atoms with Gasteiger partial charge in [0.25, 0.3) is 0 Å². The molecule has 17 heavy (non-hydrogen) atoms. The summed E-state index contributed by atoms with van der Waals surface area (Å²) in [6, 6.07) is 0.614. The van der Waals surface area contributed by atoms with Crippen LogP contribution in [0.3, 0.4) is 0 Å². The Hall–Kier alpha value is -0.450. The highest BCUT2D eigenvalue weighted by atomic mass is 32.1. The molecular weight excluding hydrogens is 230 g/mol. The van der Waals surface area contributed by atoms with Gasteiger partial charge in [0.15, 0.2) is 0 Å². The Labute approximate surface area is 109 Å². The van der Waals surface area contributed by atoms with E-state index in [4.69, 9.17) is 0 Å². The second kappa shape index (κ2) is 7.09. The van der Waals surface area contributed by atoms with E-state index in [-0.39, 0.29) is 0 Å². The molecule has 3 nitrogen and oxygen atoms in total.